The lowest BCUT2D eigenvalue weighted by atomic mass is 10.1. The molecule has 2 aromatic rings. The van der Waals surface area contributed by atoms with Crippen molar-refractivity contribution >= 4 is 21.4 Å². The van der Waals surface area contributed by atoms with E-state index in [1.807, 2.05) is 13.0 Å². The van der Waals surface area contributed by atoms with Gasteiger partial charge in [-0.25, -0.2) is 4.39 Å². The lowest BCUT2D eigenvalue weighted by Gasteiger charge is -1.97. The van der Waals surface area contributed by atoms with Gasteiger partial charge >= 0.3 is 0 Å². The molecule has 2 rings (SSSR count). The Balaban J connectivity index is 2.74. The minimum Gasteiger partial charge on any atom is -0.207 e. The Morgan fingerprint density at radius 2 is 2.21 bits per heavy atom. The van der Waals surface area contributed by atoms with E-state index in [0.717, 1.165) is 20.5 Å². The first-order valence-electron chi connectivity index (χ1n) is 4.26. The summed E-state index contributed by atoms with van der Waals surface area (Å²) in [5.74, 6) is -0.260. The normalized spacial score (nSPS) is 10.4. The van der Waals surface area contributed by atoms with Gasteiger partial charge in [-0.3, -0.25) is 0 Å². The van der Waals surface area contributed by atoms with Crippen LogP contribution in [-0.2, 0) is 6.42 Å². The minimum absolute atomic E-state index is 0.260. The number of hydrogen-bond donors (Lipinski definition) is 0. The zero-order valence-corrected chi connectivity index (χ0v) is 8.49. The Morgan fingerprint density at radius 1 is 1.43 bits per heavy atom. The number of rotatable bonds is 1. The van der Waals surface area contributed by atoms with Crippen molar-refractivity contribution in [2.24, 2.45) is 0 Å². The summed E-state index contributed by atoms with van der Waals surface area (Å²) in [6.45, 7) is 1.98. The van der Waals surface area contributed by atoms with Crippen molar-refractivity contribution in [2.75, 3.05) is 0 Å². The van der Waals surface area contributed by atoms with Crippen molar-refractivity contribution in [3.05, 3.63) is 34.5 Å². The van der Waals surface area contributed by atoms with Crippen LogP contribution in [0.5, 0.6) is 0 Å². The molecule has 3 heteroatoms. The van der Waals surface area contributed by atoms with Crippen LogP contribution in [-0.4, -0.2) is 0 Å². The number of aryl methyl sites for hydroxylation is 1. The lowest BCUT2D eigenvalue weighted by molar-refractivity contribution is 0.628. The van der Waals surface area contributed by atoms with Gasteiger partial charge in [0.2, 0.25) is 0 Å². The molecule has 0 radical (unpaired) electrons. The molecule has 0 atom stereocenters. The molecule has 0 spiro atoms. The molecule has 1 aromatic heterocycles. The summed E-state index contributed by atoms with van der Waals surface area (Å²) < 4.78 is 14.1. The van der Waals surface area contributed by atoms with Crippen molar-refractivity contribution in [3.63, 3.8) is 0 Å². The van der Waals surface area contributed by atoms with E-state index in [1.165, 1.54) is 12.1 Å². The van der Waals surface area contributed by atoms with E-state index in [-0.39, 0.29) is 12.2 Å². The van der Waals surface area contributed by atoms with Gasteiger partial charge in [-0.2, -0.15) is 5.26 Å². The topological polar surface area (TPSA) is 23.8 Å². The zero-order valence-electron chi connectivity index (χ0n) is 7.67. The quantitative estimate of drug-likeness (QED) is 0.699. The number of nitrogens with zero attached hydrogens (tertiary/aromatic N) is 1. The van der Waals surface area contributed by atoms with Crippen LogP contribution in [0, 0.1) is 24.1 Å². The summed E-state index contributed by atoms with van der Waals surface area (Å²) in [7, 11) is 0. The van der Waals surface area contributed by atoms with Gasteiger partial charge < -0.3 is 0 Å². The molecule has 0 unspecified atom stereocenters. The van der Waals surface area contributed by atoms with E-state index in [0.29, 0.717) is 0 Å². The summed E-state index contributed by atoms with van der Waals surface area (Å²) in [4.78, 5) is 1.14. The molecule has 70 valence electrons. The monoisotopic (exact) mass is 205 g/mol. The average molecular weight is 205 g/mol. The highest BCUT2D eigenvalue weighted by molar-refractivity contribution is 7.19. The molecule has 0 N–H and O–H groups in total. The fourth-order valence-corrected chi connectivity index (χ4v) is 2.53. The second kappa shape index (κ2) is 3.39. The standard InChI is InChI=1S/C11H8FNS/c1-7-4-10-8(2-3-13)5-9(12)6-11(10)14-7/h4-6H,2H2,1H3. The van der Waals surface area contributed by atoms with Crippen LogP contribution in [0.3, 0.4) is 0 Å². The van der Waals surface area contributed by atoms with Crippen molar-refractivity contribution in [2.45, 2.75) is 13.3 Å². The van der Waals surface area contributed by atoms with E-state index in [2.05, 4.69) is 6.07 Å². The van der Waals surface area contributed by atoms with Crippen LogP contribution >= 0.6 is 11.3 Å². The first-order valence-corrected chi connectivity index (χ1v) is 5.08. The predicted molar refractivity (Wildman–Crippen MR) is 55.8 cm³/mol. The van der Waals surface area contributed by atoms with Crippen LogP contribution in [0.15, 0.2) is 18.2 Å². The molecule has 0 bridgehead atoms. The number of thiophene rings is 1. The molecule has 14 heavy (non-hydrogen) atoms. The molecule has 0 amide bonds. The van der Waals surface area contributed by atoms with Crippen molar-refractivity contribution < 1.29 is 4.39 Å². The van der Waals surface area contributed by atoms with E-state index < -0.39 is 0 Å². The van der Waals surface area contributed by atoms with Gasteiger partial charge in [-0.1, -0.05) is 0 Å². The van der Waals surface area contributed by atoms with Gasteiger partial charge in [0, 0.05) is 9.58 Å². The van der Waals surface area contributed by atoms with Crippen molar-refractivity contribution in [1.82, 2.24) is 0 Å². The molecule has 0 saturated carbocycles. The maximum absolute atomic E-state index is 13.1. The summed E-state index contributed by atoms with van der Waals surface area (Å²) in [6.07, 6.45) is 0.268. The molecule has 0 fully saturated rings. The third-order valence-electron chi connectivity index (χ3n) is 2.08. The van der Waals surface area contributed by atoms with Gasteiger partial charge in [0.1, 0.15) is 5.82 Å². The minimum atomic E-state index is -0.260. The molecule has 1 aromatic carbocycles. The van der Waals surface area contributed by atoms with Crippen LogP contribution in [0.1, 0.15) is 10.4 Å². The Bertz CT molecular complexity index is 522. The molecule has 1 nitrogen and oxygen atoms in total. The number of hydrogen-bond acceptors (Lipinski definition) is 2. The Labute approximate surface area is 85.4 Å². The molecule has 1 heterocycles. The summed E-state index contributed by atoms with van der Waals surface area (Å²) >= 11 is 1.56. The number of benzene rings is 1. The second-order valence-electron chi connectivity index (χ2n) is 3.17. The first-order chi connectivity index (χ1) is 6.70. The molecule has 0 aliphatic rings. The summed E-state index contributed by atoms with van der Waals surface area (Å²) in [5.41, 5.74) is 0.784. The smallest absolute Gasteiger partial charge is 0.124 e. The lowest BCUT2D eigenvalue weighted by Crippen LogP contribution is -1.84. The van der Waals surface area contributed by atoms with Gasteiger partial charge in [-0.15, -0.1) is 11.3 Å². The van der Waals surface area contributed by atoms with E-state index in [9.17, 15) is 4.39 Å². The predicted octanol–water partition coefficient (Wildman–Crippen LogP) is 3.41. The summed E-state index contributed by atoms with van der Waals surface area (Å²) in [5, 5.41) is 9.62. The molecule has 0 aliphatic heterocycles. The number of nitriles is 1. The highest BCUT2D eigenvalue weighted by atomic mass is 32.1. The van der Waals surface area contributed by atoms with Crippen molar-refractivity contribution in [1.29, 1.82) is 5.26 Å². The maximum Gasteiger partial charge on any atom is 0.124 e. The molecular formula is C11H8FNS. The number of fused-ring (bicyclic) bond motifs is 1. The Kier molecular flexibility index (Phi) is 2.22. The fourth-order valence-electron chi connectivity index (χ4n) is 1.53. The maximum atomic E-state index is 13.1. The largest absolute Gasteiger partial charge is 0.207 e. The molecule has 0 saturated heterocycles. The van der Waals surface area contributed by atoms with Crippen LogP contribution < -0.4 is 0 Å². The van der Waals surface area contributed by atoms with Crippen LogP contribution in [0.2, 0.25) is 0 Å². The average Bonchev–Trinajstić information content (AvgIpc) is 2.45. The van der Waals surface area contributed by atoms with E-state index >= 15 is 0 Å². The highest BCUT2D eigenvalue weighted by Gasteiger charge is 2.06. The summed E-state index contributed by atoms with van der Waals surface area (Å²) in [6, 6.07) is 7.02. The molecular weight excluding hydrogens is 197 g/mol. The second-order valence-corrected chi connectivity index (χ2v) is 4.46. The van der Waals surface area contributed by atoms with Gasteiger partial charge in [0.25, 0.3) is 0 Å². The third kappa shape index (κ3) is 1.49. The molecule has 0 aliphatic carbocycles. The van der Waals surface area contributed by atoms with E-state index in [4.69, 9.17) is 5.26 Å². The van der Waals surface area contributed by atoms with Crippen LogP contribution in [0.25, 0.3) is 10.1 Å². The van der Waals surface area contributed by atoms with Gasteiger partial charge in [-0.05, 0) is 36.1 Å². The Hall–Kier alpha value is -1.40. The zero-order chi connectivity index (χ0) is 10.1. The third-order valence-corrected chi connectivity index (χ3v) is 3.08. The fraction of sp³-hybridized carbons (Fsp3) is 0.182. The highest BCUT2D eigenvalue weighted by Crippen LogP contribution is 2.29. The first kappa shape index (κ1) is 9.17. The van der Waals surface area contributed by atoms with Gasteiger partial charge in [0.15, 0.2) is 0 Å². The van der Waals surface area contributed by atoms with E-state index in [1.54, 1.807) is 11.3 Å². The van der Waals surface area contributed by atoms with Crippen molar-refractivity contribution in [3.8, 4) is 6.07 Å². The Morgan fingerprint density at radius 3 is 2.93 bits per heavy atom. The number of halogens is 1. The van der Waals surface area contributed by atoms with Gasteiger partial charge in [0.05, 0.1) is 12.5 Å². The van der Waals surface area contributed by atoms with Crippen LogP contribution in [0.4, 0.5) is 4.39 Å². The SMILES string of the molecule is Cc1cc2c(CC#N)cc(F)cc2s1.